The lowest BCUT2D eigenvalue weighted by molar-refractivity contribution is 0.372. The molecule has 2 saturated heterocycles. The summed E-state index contributed by atoms with van der Waals surface area (Å²) >= 11 is 0. The van der Waals surface area contributed by atoms with Gasteiger partial charge >= 0.3 is 0 Å². The molecule has 2 heterocycles. The van der Waals surface area contributed by atoms with E-state index in [1.54, 1.807) is 0 Å². The molecule has 0 aromatic rings. The van der Waals surface area contributed by atoms with E-state index >= 15 is 0 Å². The van der Waals surface area contributed by atoms with E-state index in [2.05, 4.69) is 17.2 Å². The molecule has 10 heavy (non-hydrogen) atoms. The van der Waals surface area contributed by atoms with Crippen LogP contribution in [0.15, 0.2) is 12.3 Å². The zero-order valence-corrected chi connectivity index (χ0v) is 6.19. The van der Waals surface area contributed by atoms with Crippen LogP contribution in [0.4, 0.5) is 0 Å². The van der Waals surface area contributed by atoms with Gasteiger partial charge in [0.2, 0.25) is 0 Å². The Balaban J connectivity index is 2.10. The van der Waals surface area contributed by atoms with Gasteiger partial charge in [0.1, 0.15) is 0 Å². The van der Waals surface area contributed by atoms with Crippen LogP contribution in [0.1, 0.15) is 6.42 Å². The molecule has 0 aromatic carbocycles. The Bertz CT molecular complexity index is 153. The fourth-order valence-corrected chi connectivity index (χ4v) is 1.99. The van der Waals surface area contributed by atoms with Crippen molar-refractivity contribution >= 4 is 0 Å². The molecule has 2 fully saturated rings. The number of fused-ring (bicyclic) bond motifs is 1. The first-order valence-corrected chi connectivity index (χ1v) is 4.01. The third-order valence-electron chi connectivity index (χ3n) is 2.65. The minimum absolute atomic E-state index is 0.716. The topological polar surface area (TPSA) is 24.1 Å². The molecular weight excluding hydrogens is 124 g/mol. The SMILES string of the molecule is C=C1NCCC2CNCC12. The Morgan fingerprint density at radius 2 is 2.30 bits per heavy atom. The van der Waals surface area contributed by atoms with Crippen molar-refractivity contribution in [1.29, 1.82) is 0 Å². The maximum atomic E-state index is 4.01. The second-order valence-corrected chi connectivity index (χ2v) is 3.27. The van der Waals surface area contributed by atoms with Crippen LogP contribution in [0.5, 0.6) is 0 Å². The minimum Gasteiger partial charge on any atom is -0.389 e. The number of rotatable bonds is 0. The zero-order valence-electron chi connectivity index (χ0n) is 6.19. The van der Waals surface area contributed by atoms with Gasteiger partial charge in [-0.25, -0.2) is 0 Å². The summed E-state index contributed by atoms with van der Waals surface area (Å²) < 4.78 is 0. The van der Waals surface area contributed by atoms with E-state index in [4.69, 9.17) is 0 Å². The molecule has 2 nitrogen and oxygen atoms in total. The quantitative estimate of drug-likeness (QED) is 0.504. The van der Waals surface area contributed by atoms with Gasteiger partial charge in [-0.05, 0) is 18.9 Å². The molecule has 2 unspecified atom stereocenters. The predicted octanol–water partition coefficient (Wildman–Crippen LogP) is 0.329. The normalized spacial score (nSPS) is 39.0. The second-order valence-electron chi connectivity index (χ2n) is 3.27. The summed E-state index contributed by atoms with van der Waals surface area (Å²) in [6, 6.07) is 0. The van der Waals surface area contributed by atoms with Crippen LogP contribution in [-0.4, -0.2) is 19.6 Å². The van der Waals surface area contributed by atoms with Gasteiger partial charge < -0.3 is 10.6 Å². The molecule has 0 saturated carbocycles. The van der Waals surface area contributed by atoms with Crippen molar-refractivity contribution in [3.8, 4) is 0 Å². The maximum absolute atomic E-state index is 4.01. The molecule has 0 amide bonds. The Morgan fingerprint density at radius 1 is 1.40 bits per heavy atom. The monoisotopic (exact) mass is 138 g/mol. The molecule has 2 N–H and O–H groups in total. The molecule has 2 atom stereocenters. The van der Waals surface area contributed by atoms with Crippen molar-refractivity contribution in [3.05, 3.63) is 12.3 Å². The predicted molar refractivity (Wildman–Crippen MR) is 41.6 cm³/mol. The average Bonchev–Trinajstić information content (AvgIpc) is 2.36. The van der Waals surface area contributed by atoms with Crippen LogP contribution < -0.4 is 10.6 Å². The molecule has 2 heteroatoms. The van der Waals surface area contributed by atoms with Crippen molar-refractivity contribution in [2.24, 2.45) is 11.8 Å². The number of nitrogens with one attached hydrogen (secondary N) is 2. The van der Waals surface area contributed by atoms with Gasteiger partial charge in [0.25, 0.3) is 0 Å². The average molecular weight is 138 g/mol. The highest BCUT2D eigenvalue weighted by atomic mass is 15.0. The minimum atomic E-state index is 0.716. The van der Waals surface area contributed by atoms with Crippen LogP contribution in [0.2, 0.25) is 0 Å². The smallest absolute Gasteiger partial charge is 0.0147 e. The first-order chi connectivity index (χ1) is 4.88. The van der Waals surface area contributed by atoms with Gasteiger partial charge in [0, 0.05) is 24.7 Å². The lowest BCUT2D eigenvalue weighted by atomic mass is 9.87. The summed E-state index contributed by atoms with van der Waals surface area (Å²) in [5.41, 5.74) is 1.25. The first-order valence-electron chi connectivity index (χ1n) is 4.01. The van der Waals surface area contributed by atoms with Crippen LogP contribution >= 0.6 is 0 Å². The Labute approximate surface area is 61.7 Å². The summed E-state index contributed by atoms with van der Waals surface area (Å²) in [6.07, 6.45) is 1.32. The van der Waals surface area contributed by atoms with Crippen LogP contribution in [0.3, 0.4) is 0 Å². The summed E-state index contributed by atoms with van der Waals surface area (Å²) in [5.74, 6) is 1.59. The van der Waals surface area contributed by atoms with Gasteiger partial charge in [-0.1, -0.05) is 6.58 Å². The van der Waals surface area contributed by atoms with E-state index in [-0.39, 0.29) is 0 Å². The second kappa shape index (κ2) is 2.27. The zero-order chi connectivity index (χ0) is 6.97. The van der Waals surface area contributed by atoms with Crippen molar-refractivity contribution in [2.75, 3.05) is 19.6 Å². The Hall–Kier alpha value is -0.500. The molecule has 0 spiro atoms. The van der Waals surface area contributed by atoms with Crippen molar-refractivity contribution < 1.29 is 0 Å². The van der Waals surface area contributed by atoms with Crippen LogP contribution in [-0.2, 0) is 0 Å². The van der Waals surface area contributed by atoms with Gasteiger partial charge in [-0.2, -0.15) is 0 Å². The molecule has 2 aliphatic rings. The molecular formula is C8H14N2. The maximum Gasteiger partial charge on any atom is 0.0147 e. The lowest BCUT2D eigenvalue weighted by Gasteiger charge is -2.27. The molecule has 2 rings (SSSR count). The van der Waals surface area contributed by atoms with E-state index < -0.39 is 0 Å². The van der Waals surface area contributed by atoms with E-state index in [0.717, 1.165) is 19.0 Å². The number of hydrogen-bond donors (Lipinski definition) is 2. The number of hydrogen-bond acceptors (Lipinski definition) is 2. The summed E-state index contributed by atoms with van der Waals surface area (Å²) in [7, 11) is 0. The van der Waals surface area contributed by atoms with Gasteiger partial charge in [0.05, 0.1) is 0 Å². The fraction of sp³-hybridized carbons (Fsp3) is 0.750. The van der Waals surface area contributed by atoms with Gasteiger partial charge in [0.15, 0.2) is 0 Å². The van der Waals surface area contributed by atoms with Crippen molar-refractivity contribution in [3.63, 3.8) is 0 Å². The third-order valence-corrected chi connectivity index (χ3v) is 2.65. The highest BCUT2D eigenvalue weighted by Gasteiger charge is 2.31. The molecule has 56 valence electrons. The highest BCUT2D eigenvalue weighted by molar-refractivity contribution is 5.07. The first kappa shape index (κ1) is 6.23. The summed E-state index contributed by atoms with van der Waals surface area (Å²) in [4.78, 5) is 0. The molecule has 0 radical (unpaired) electrons. The molecule has 2 aliphatic heterocycles. The van der Waals surface area contributed by atoms with Gasteiger partial charge in [-0.15, -0.1) is 0 Å². The Morgan fingerprint density at radius 3 is 3.10 bits per heavy atom. The van der Waals surface area contributed by atoms with Gasteiger partial charge in [-0.3, -0.25) is 0 Å². The van der Waals surface area contributed by atoms with Crippen LogP contribution in [0.25, 0.3) is 0 Å². The molecule has 0 aromatic heterocycles. The summed E-state index contributed by atoms with van der Waals surface area (Å²) in [5, 5.41) is 6.71. The van der Waals surface area contributed by atoms with Crippen LogP contribution in [0, 0.1) is 11.8 Å². The molecule has 0 bridgehead atoms. The highest BCUT2D eigenvalue weighted by Crippen LogP contribution is 2.27. The van der Waals surface area contributed by atoms with E-state index in [0.29, 0.717) is 5.92 Å². The largest absolute Gasteiger partial charge is 0.389 e. The Kier molecular flexibility index (Phi) is 1.42. The standard InChI is InChI=1S/C8H14N2/c1-6-8-5-9-4-7(8)2-3-10-6/h7-10H,1-5H2. The van der Waals surface area contributed by atoms with E-state index in [1.165, 1.54) is 18.7 Å². The molecule has 0 aliphatic carbocycles. The van der Waals surface area contributed by atoms with Crippen molar-refractivity contribution in [2.45, 2.75) is 6.42 Å². The van der Waals surface area contributed by atoms with Crippen molar-refractivity contribution in [1.82, 2.24) is 10.6 Å². The lowest BCUT2D eigenvalue weighted by Crippen LogP contribution is -2.32. The number of piperidine rings is 1. The summed E-state index contributed by atoms with van der Waals surface area (Å²) in [6.45, 7) is 7.47. The van der Waals surface area contributed by atoms with E-state index in [9.17, 15) is 0 Å². The third kappa shape index (κ3) is 0.833. The fourth-order valence-electron chi connectivity index (χ4n) is 1.99. The van der Waals surface area contributed by atoms with E-state index in [1.807, 2.05) is 0 Å².